The number of aryl methyl sites for hydroxylation is 2. The number of H-pyrrole nitrogens is 1. The summed E-state index contributed by atoms with van der Waals surface area (Å²) in [5.74, 6) is 1.16. The molecule has 31 heavy (non-hydrogen) atoms. The minimum Gasteiger partial charge on any atom is -0.491 e. The number of fused-ring (bicyclic) bond motifs is 1. The maximum Gasteiger partial charge on any atom is 0.329 e. The van der Waals surface area contributed by atoms with Crippen LogP contribution in [-0.4, -0.2) is 43.0 Å². The van der Waals surface area contributed by atoms with Gasteiger partial charge in [0.25, 0.3) is 5.56 Å². The average molecular weight is 428 g/mol. The summed E-state index contributed by atoms with van der Waals surface area (Å²) >= 11 is 0. The van der Waals surface area contributed by atoms with Gasteiger partial charge < -0.3 is 19.7 Å². The second-order valence-corrected chi connectivity index (χ2v) is 8.29. The van der Waals surface area contributed by atoms with E-state index in [0.717, 1.165) is 31.2 Å². The number of hydrogen-bond donors (Lipinski definition) is 3. The van der Waals surface area contributed by atoms with Gasteiger partial charge in [-0.15, -0.1) is 0 Å². The normalized spacial score (nSPS) is 15.8. The fourth-order valence-corrected chi connectivity index (χ4v) is 4.04. The van der Waals surface area contributed by atoms with E-state index in [9.17, 15) is 14.7 Å². The highest BCUT2D eigenvalue weighted by Crippen LogP contribution is 2.23. The number of benzene rings is 1. The lowest BCUT2D eigenvalue weighted by Crippen LogP contribution is -2.31. The van der Waals surface area contributed by atoms with Gasteiger partial charge in [0.1, 0.15) is 18.5 Å². The molecule has 0 saturated heterocycles. The summed E-state index contributed by atoms with van der Waals surface area (Å²) in [4.78, 5) is 31.5. The van der Waals surface area contributed by atoms with Gasteiger partial charge in [-0.3, -0.25) is 14.3 Å². The first-order valence-corrected chi connectivity index (χ1v) is 10.8. The number of hydrogen-bond acceptors (Lipinski definition) is 6. The van der Waals surface area contributed by atoms with Crippen molar-refractivity contribution in [3.05, 3.63) is 50.7 Å². The minimum absolute atomic E-state index is 0.0648. The van der Waals surface area contributed by atoms with Gasteiger partial charge in [0.15, 0.2) is 11.2 Å². The van der Waals surface area contributed by atoms with E-state index in [4.69, 9.17) is 4.74 Å². The zero-order valence-corrected chi connectivity index (χ0v) is 17.9. The summed E-state index contributed by atoms with van der Waals surface area (Å²) in [6.07, 6.45) is 4.68. The van der Waals surface area contributed by atoms with Crippen LogP contribution in [0.25, 0.3) is 11.2 Å². The predicted octanol–water partition coefficient (Wildman–Crippen LogP) is 1.92. The number of nitrogens with one attached hydrogen (secondary N) is 2. The van der Waals surface area contributed by atoms with E-state index in [1.807, 2.05) is 31.2 Å². The van der Waals surface area contributed by atoms with Crippen molar-refractivity contribution in [2.45, 2.75) is 57.7 Å². The number of aromatic amines is 1. The number of rotatable bonds is 7. The van der Waals surface area contributed by atoms with Gasteiger partial charge in [-0.05, 0) is 31.9 Å². The molecule has 0 spiro atoms. The lowest BCUT2D eigenvalue weighted by atomic mass is 9.96. The largest absolute Gasteiger partial charge is 0.491 e. The lowest BCUT2D eigenvalue weighted by molar-refractivity contribution is 0.0938. The van der Waals surface area contributed by atoms with Crippen molar-refractivity contribution in [3.63, 3.8) is 0 Å². The van der Waals surface area contributed by atoms with Gasteiger partial charge in [0, 0.05) is 13.1 Å². The highest BCUT2D eigenvalue weighted by Gasteiger charge is 2.22. The molecule has 166 valence electrons. The number of aliphatic hydroxyl groups is 1. The Bertz CT molecular complexity index is 1160. The zero-order valence-electron chi connectivity index (χ0n) is 17.9. The van der Waals surface area contributed by atoms with Crippen LogP contribution in [0, 0.1) is 6.92 Å². The van der Waals surface area contributed by atoms with Crippen LogP contribution in [0.2, 0.25) is 0 Å². The van der Waals surface area contributed by atoms with Crippen LogP contribution in [-0.2, 0) is 13.6 Å². The topological polar surface area (TPSA) is 114 Å². The van der Waals surface area contributed by atoms with Crippen molar-refractivity contribution in [3.8, 4) is 5.75 Å². The maximum atomic E-state index is 12.6. The highest BCUT2D eigenvalue weighted by molar-refractivity contribution is 5.74. The highest BCUT2D eigenvalue weighted by atomic mass is 16.5. The molecule has 1 atom stereocenters. The van der Waals surface area contributed by atoms with Crippen molar-refractivity contribution in [2.75, 3.05) is 11.9 Å². The smallest absolute Gasteiger partial charge is 0.329 e. The summed E-state index contributed by atoms with van der Waals surface area (Å²) in [5, 5.41) is 14.1. The summed E-state index contributed by atoms with van der Waals surface area (Å²) in [6, 6.07) is 7.84. The van der Waals surface area contributed by atoms with Gasteiger partial charge in [-0.1, -0.05) is 37.0 Å². The molecular formula is C22H29N5O4. The maximum absolute atomic E-state index is 12.6. The predicted molar refractivity (Wildman–Crippen MR) is 119 cm³/mol. The van der Waals surface area contributed by atoms with Crippen molar-refractivity contribution < 1.29 is 9.84 Å². The fourth-order valence-electron chi connectivity index (χ4n) is 4.04. The first kappa shape index (κ1) is 21.2. The van der Waals surface area contributed by atoms with Crippen LogP contribution >= 0.6 is 0 Å². The van der Waals surface area contributed by atoms with E-state index in [2.05, 4.69) is 15.3 Å². The van der Waals surface area contributed by atoms with E-state index < -0.39 is 17.4 Å². The molecule has 3 N–H and O–H groups in total. The van der Waals surface area contributed by atoms with Crippen LogP contribution in [0.3, 0.4) is 0 Å². The van der Waals surface area contributed by atoms with Crippen molar-refractivity contribution in [1.29, 1.82) is 0 Å². The third-order valence-electron chi connectivity index (χ3n) is 5.80. The van der Waals surface area contributed by atoms with Crippen LogP contribution in [0.15, 0.2) is 33.9 Å². The number of nitrogens with zero attached hydrogens (tertiary/aromatic N) is 3. The average Bonchev–Trinajstić information content (AvgIpc) is 3.11. The van der Waals surface area contributed by atoms with Gasteiger partial charge in [0.2, 0.25) is 5.95 Å². The number of imidazole rings is 1. The van der Waals surface area contributed by atoms with Crippen LogP contribution in [0.5, 0.6) is 5.75 Å². The van der Waals surface area contributed by atoms with Crippen LogP contribution in [0.4, 0.5) is 5.95 Å². The monoisotopic (exact) mass is 427 g/mol. The van der Waals surface area contributed by atoms with Crippen molar-refractivity contribution in [2.24, 2.45) is 7.05 Å². The Hall–Kier alpha value is -3.07. The Balaban J connectivity index is 1.61. The van der Waals surface area contributed by atoms with Gasteiger partial charge in [-0.2, -0.15) is 4.98 Å². The van der Waals surface area contributed by atoms with Crippen molar-refractivity contribution >= 4 is 17.1 Å². The first-order valence-electron chi connectivity index (χ1n) is 10.8. The quantitative estimate of drug-likeness (QED) is 0.531. The van der Waals surface area contributed by atoms with E-state index in [1.165, 1.54) is 11.0 Å². The number of ether oxygens (including phenoxy) is 1. The molecule has 9 nitrogen and oxygen atoms in total. The summed E-state index contributed by atoms with van der Waals surface area (Å²) in [6.45, 7) is 2.17. The van der Waals surface area contributed by atoms with Crippen LogP contribution < -0.4 is 21.3 Å². The molecule has 1 saturated carbocycles. The van der Waals surface area contributed by atoms with Gasteiger partial charge >= 0.3 is 5.69 Å². The Morgan fingerprint density at radius 1 is 1.23 bits per heavy atom. The first-order chi connectivity index (χ1) is 14.9. The van der Waals surface area contributed by atoms with E-state index in [0.29, 0.717) is 17.3 Å². The van der Waals surface area contributed by atoms with E-state index >= 15 is 0 Å². The lowest BCUT2D eigenvalue weighted by Gasteiger charge is -2.24. The third-order valence-corrected chi connectivity index (χ3v) is 5.80. The van der Waals surface area contributed by atoms with Gasteiger partial charge in [-0.25, -0.2) is 4.79 Å². The molecule has 0 bridgehead atoms. The molecule has 0 aliphatic heterocycles. The molecule has 1 aliphatic rings. The molecule has 0 radical (unpaired) electrons. The van der Waals surface area contributed by atoms with Gasteiger partial charge in [0.05, 0.1) is 6.54 Å². The number of aliphatic hydroxyl groups excluding tert-OH is 1. The summed E-state index contributed by atoms with van der Waals surface area (Å²) in [7, 11) is 1.57. The molecule has 1 aromatic carbocycles. The van der Waals surface area contributed by atoms with E-state index in [1.54, 1.807) is 11.6 Å². The van der Waals surface area contributed by atoms with E-state index in [-0.39, 0.29) is 24.7 Å². The molecule has 3 aromatic rings. The molecule has 4 rings (SSSR count). The summed E-state index contributed by atoms with van der Waals surface area (Å²) in [5.41, 5.74) is 0.637. The molecule has 1 fully saturated rings. The second-order valence-electron chi connectivity index (χ2n) is 8.29. The molecule has 0 amide bonds. The third kappa shape index (κ3) is 4.66. The molecule has 2 aromatic heterocycles. The Morgan fingerprint density at radius 2 is 1.94 bits per heavy atom. The zero-order chi connectivity index (χ0) is 22.0. The fraction of sp³-hybridized carbons (Fsp3) is 0.500. The Labute approximate surface area is 179 Å². The minimum atomic E-state index is -0.873. The standard InChI is InChI=1S/C22H29N5O4/c1-14-8-10-17(11-9-14)31-13-16(28)12-27-18-19(26(2)22(30)25-20(18)29)24-21(27)23-15-6-4-3-5-7-15/h8-11,15-16,28H,3-7,12-13H2,1-2H3,(H,23,24)(H,25,29,30). The molecule has 1 aliphatic carbocycles. The SMILES string of the molecule is Cc1ccc(OCC(O)Cn2c(NC3CCCCC3)nc3c2c(=O)[nH]c(=O)n3C)cc1. The second kappa shape index (κ2) is 8.97. The summed E-state index contributed by atoms with van der Waals surface area (Å²) < 4.78 is 8.67. The molecular weight excluding hydrogens is 398 g/mol. The number of anilines is 1. The van der Waals surface area contributed by atoms with Crippen LogP contribution in [0.1, 0.15) is 37.7 Å². The molecule has 1 unspecified atom stereocenters. The van der Waals surface area contributed by atoms with Crippen molar-refractivity contribution in [1.82, 2.24) is 19.1 Å². The molecule has 2 heterocycles. The number of aromatic nitrogens is 4. The Morgan fingerprint density at radius 3 is 2.65 bits per heavy atom. The molecule has 9 heteroatoms. The Kier molecular flexibility index (Phi) is 6.13.